The van der Waals surface area contributed by atoms with E-state index in [-0.39, 0.29) is 30.7 Å². The summed E-state index contributed by atoms with van der Waals surface area (Å²) in [6, 6.07) is 10.3. The summed E-state index contributed by atoms with van der Waals surface area (Å²) in [5.74, 6) is -0.0470. The topological polar surface area (TPSA) is 87.7 Å². The lowest BCUT2D eigenvalue weighted by atomic mass is 10.1. The number of nitrogens with zero attached hydrogens (tertiary/aromatic N) is 1. The molecule has 1 atom stereocenters. The Kier molecular flexibility index (Phi) is 7.36. The lowest BCUT2D eigenvalue weighted by Gasteiger charge is -2.21. The van der Waals surface area contributed by atoms with E-state index >= 15 is 0 Å². The van der Waals surface area contributed by atoms with Crippen LogP contribution in [-0.2, 0) is 14.4 Å². The average Bonchev–Trinajstić information content (AvgIpc) is 3.15. The van der Waals surface area contributed by atoms with Crippen molar-refractivity contribution in [1.82, 2.24) is 10.2 Å². The van der Waals surface area contributed by atoms with E-state index in [2.05, 4.69) is 10.6 Å². The molecule has 1 unspecified atom stereocenters. The van der Waals surface area contributed by atoms with E-state index in [1.165, 1.54) is 23.2 Å². The van der Waals surface area contributed by atoms with Crippen LogP contribution in [0.25, 0.3) is 0 Å². The minimum Gasteiger partial charge on any atom is -0.497 e. The third-order valence-electron chi connectivity index (χ3n) is 3.82. The maximum atomic E-state index is 12.5. The highest BCUT2D eigenvalue weighted by molar-refractivity contribution is 7.10. The van der Waals surface area contributed by atoms with E-state index in [9.17, 15) is 14.4 Å². The van der Waals surface area contributed by atoms with Crippen molar-refractivity contribution >= 4 is 34.7 Å². The fraction of sp³-hybridized carbons (Fsp3) is 0.316. The van der Waals surface area contributed by atoms with E-state index in [1.807, 2.05) is 17.5 Å². The Labute approximate surface area is 162 Å². The summed E-state index contributed by atoms with van der Waals surface area (Å²) in [6.45, 7) is 1.33. The molecule has 0 aliphatic heterocycles. The molecular weight excluding hydrogens is 366 g/mol. The summed E-state index contributed by atoms with van der Waals surface area (Å²) in [5, 5.41) is 7.41. The fourth-order valence-electron chi connectivity index (χ4n) is 2.47. The summed E-state index contributed by atoms with van der Waals surface area (Å²) in [5.41, 5.74) is 0.622. The first kappa shape index (κ1) is 20.4. The van der Waals surface area contributed by atoms with Crippen LogP contribution in [-0.4, -0.2) is 43.3 Å². The second kappa shape index (κ2) is 9.72. The molecular formula is C19H23N3O4S. The summed E-state index contributed by atoms with van der Waals surface area (Å²) < 4.78 is 5.07. The minimum atomic E-state index is -0.401. The van der Waals surface area contributed by atoms with Gasteiger partial charge in [-0.3, -0.25) is 14.4 Å². The number of carbonyl (C=O) groups excluding carboxylic acids is 3. The van der Waals surface area contributed by atoms with Crippen LogP contribution in [0.3, 0.4) is 0 Å². The van der Waals surface area contributed by atoms with E-state index in [0.717, 1.165) is 4.88 Å². The molecule has 8 heteroatoms. The average molecular weight is 389 g/mol. The Morgan fingerprint density at radius 1 is 1.19 bits per heavy atom. The van der Waals surface area contributed by atoms with Gasteiger partial charge in [0.15, 0.2) is 0 Å². The highest BCUT2D eigenvalue weighted by atomic mass is 32.1. The smallest absolute Gasteiger partial charge is 0.243 e. The predicted octanol–water partition coefficient (Wildman–Crippen LogP) is 2.42. The molecule has 2 aromatic rings. The quantitative estimate of drug-likeness (QED) is 0.726. The molecule has 0 aliphatic carbocycles. The number of nitrogens with one attached hydrogen (secondary N) is 2. The van der Waals surface area contributed by atoms with Crippen molar-refractivity contribution in [2.45, 2.75) is 19.4 Å². The first-order valence-corrected chi connectivity index (χ1v) is 9.25. The maximum Gasteiger partial charge on any atom is 0.243 e. The molecule has 27 heavy (non-hydrogen) atoms. The lowest BCUT2D eigenvalue weighted by Crippen LogP contribution is -2.37. The van der Waals surface area contributed by atoms with Gasteiger partial charge in [0.25, 0.3) is 0 Å². The molecule has 1 aromatic carbocycles. The van der Waals surface area contributed by atoms with E-state index < -0.39 is 6.04 Å². The van der Waals surface area contributed by atoms with Crippen molar-refractivity contribution < 1.29 is 19.1 Å². The lowest BCUT2D eigenvalue weighted by molar-refractivity contribution is -0.134. The highest BCUT2D eigenvalue weighted by Crippen LogP contribution is 2.22. The molecule has 0 aliphatic rings. The number of ether oxygens (including phenoxy) is 1. The van der Waals surface area contributed by atoms with Crippen LogP contribution in [0.4, 0.5) is 5.69 Å². The third-order valence-corrected chi connectivity index (χ3v) is 4.81. The van der Waals surface area contributed by atoms with Gasteiger partial charge in [-0.25, -0.2) is 0 Å². The van der Waals surface area contributed by atoms with Crippen molar-refractivity contribution in [1.29, 1.82) is 0 Å². The minimum absolute atomic E-state index is 0.0813. The Bertz CT molecular complexity index is 775. The summed E-state index contributed by atoms with van der Waals surface area (Å²) in [4.78, 5) is 38.3. The van der Waals surface area contributed by atoms with Crippen molar-refractivity contribution in [3.05, 3.63) is 46.7 Å². The van der Waals surface area contributed by atoms with E-state index in [0.29, 0.717) is 11.4 Å². The number of hydrogen-bond acceptors (Lipinski definition) is 5. The molecule has 144 valence electrons. The van der Waals surface area contributed by atoms with Crippen molar-refractivity contribution in [2.75, 3.05) is 26.0 Å². The first-order valence-electron chi connectivity index (χ1n) is 8.37. The summed E-state index contributed by atoms with van der Waals surface area (Å²) in [6.07, 6.45) is 0.0897. The second-order valence-electron chi connectivity index (χ2n) is 6.00. The van der Waals surface area contributed by atoms with Crippen LogP contribution >= 0.6 is 11.3 Å². The van der Waals surface area contributed by atoms with Gasteiger partial charge in [0.1, 0.15) is 5.75 Å². The zero-order chi connectivity index (χ0) is 19.8. The molecule has 2 rings (SSSR count). The SMILES string of the molecule is COc1ccc(NC(=O)CN(C)C(=O)CC(NC(C)=O)c2cccs2)cc1. The molecule has 2 N–H and O–H groups in total. The number of methoxy groups -OCH3 is 1. The van der Waals surface area contributed by atoms with E-state index in [4.69, 9.17) is 4.74 Å². The molecule has 3 amide bonds. The monoisotopic (exact) mass is 389 g/mol. The first-order chi connectivity index (χ1) is 12.9. The Morgan fingerprint density at radius 3 is 2.44 bits per heavy atom. The van der Waals surface area contributed by atoms with Crippen LogP contribution in [0.15, 0.2) is 41.8 Å². The Hall–Kier alpha value is -2.87. The number of likely N-dealkylation sites (N-methyl/N-ethyl adjacent to an activating group) is 1. The molecule has 0 bridgehead atoms. The number of thiophene rings is 1. The van der Waals surface area contributed by atoms with Gasteiger partial charge >= 0.3 is 0 Å². The van der Waals surface area contributed by atoms with Crippen LogP contribution in [0.5, 0.6) is 5.75 Å². The molecule has 0 spiro atoms. The van der Waals surface area contributed by atoms with Crippen molar-refractivity contribution in [3.8, 4) is 5.75 Å². The Morgan fingerprint density at radius 2 is 1.89 bits per heavy atom. The summed E-state index contributed by atoms with van der Waals surface area (Å²) in [7, 11) is 3.13. The molecule has 1 aromatic heterocycles. The molecule has 0 radical (unpaired) electrons. The third kappa shape index (κ3) is 6.41. The number of hydrogen-bond donors (Lipinski definition) is 2. The number of carbonyl (C=O) groups is 3. The number of anilines is 1. The van der Waals surface area contributed by atoms with Gasteiger partial charge in [-0.1, -0.05) is 6.07 Å². The zero-order valence-electron chi connectivity index (χ0n) is 15.5. The largest absolute Gasteiger partial charge is 0.497 e. The number of benzene rings is 1. The molecule has 1 heterocycles. The van der Waals surface area contributed by atoms with Gasteiger partial charge in [-0.05, 0) is 35.7 Å². The van der Waals surface area contributed by atoms with Gasteiger partial charge in [0.2, 0.25) is 17.7 Å². The highest BCUT2D eigenvalue weighted by Gasteiger charge is 2.21. The van der Waals surface area contributed by atoms with Gasteiger partial charge in [-0.2, -0.15) is 0 Å². The van der Waals surface area contributed by atoms with Crippen LogP contribution in [0, 0.1) is 0 Å². The standard InChI is InChI=1S/C19H23N3O4S/c1-13(23)20-16(17-5-4-10-27-17)11-19(25)22(2)12-18(24)21-14-6-8-15(26-3)9-7-14/h4-10,16H,11-12H2,1-3H3,(H,20,23)(H,21,24). The van der Waals surface area contributed by atoms with Crippen LogP contribution in [0.1, 0.15) is 24.3 Å². The Balaban J connectivity index is 1.90. The molecule has 0 saturated carbocycles. The van der Waals surface area contributed by atoms with Gasteiger partial charge in [0, 0.05) is 24.5 Å². The molecule has 0 saturated heterocycles. The number of amides is 3. The van der Waals surface area contributed by atoms with Crippen LogP contribution < -0.4 is 15.4 Å². The zero-order valence-corrected chi connectivity index (χ0v) is 16.3. The predicted molar refractivity (Wildman–Crippen MR) is 105 cm³/mol. The fourth-order valence-corrected chi connectivity index (χ4v) is 3.24. The van der Waals surface area contributed by atoms with Crippen molar-refractivity contribution in [3.63, 3.8) is 0 Å². The van der Waals surface area contributed by atoms with Gasteiger partial charge < -0.3 is 20.3 Å². The van der Waals surface area contributed by atoms with E-state index in [1.54, 1.807) is 38.4 Å². The van der Waals surface area contributed by atoms with Crippen molar-refractivity contribution in [2.24, 2.45) is 0 Å². The van der Waals surface area contributed by atoms with Gasteiger partial charge in [0.05, 0.1) is 26.1 Å². The summed E-state index contributed by atoms with van der Waals surface area (Å²) >= 11 is 1.47. The normalized spacial score (nSPS) is 11.4. The molecule has 0 fully saturated rings. The van der Waals surface area contributed by atoms with Crippen LogP contribution in [0.2, 0.25) is 0 Å². The molecule has 7 nitrogen and oxygen atoms in total. The number of rotatable bonds is 8. The second-order valence-corrected chi connectivity index (χ2v) is 6.98. The van der Waals surface area contributed by atoms with Gasteiger partial charge in [-0.15, -0.1) is 11.3 Å². The maximum absolute atomic E-state index is 12.5.